The predicted molar refractivity (Wildman–Crippen MR) is 85.9 cm³/mol. The van der Waals surface area contributed by atoms with Crippen molar-refractivity contribution >= 4 is 17.5 Å². The number of amides is 1. The maximum absolute atomic E-state index is 13.1. The number of hydrogen-bond acceptors (Lipinski definition) is 4. The Bertz CT molecular complexity index is 859. The van der Waals surface area contributed by atoms with Crippen LogP contribution in [0.5, 0.6) is 0 Å². The predicted octanol–water partition coefficient (Wildman–Crippen LogP) is 3.89. The molecule has 0 aliphatic carbocycles. The third-order valence-electron chi connectivity index (χ3n) is 3.43. The lowest BCUT2D eigenvalue weighted by Gasteiger charge is -2.05. The summed E-state index contributed by atoms with van der Waals surface area (Å²) in [6, 6.07) is 7.77. The molecule has 24 heavy (non-hydrogen) atoms. The Morgan fingerprint density at radius 3 is 2.92 bits per heavy atom. The molecule has 3 rings (SSSR count). The highest BCUT2D eigenvalue weighted by Crippen LogP contribution is 2.22. The van der Waals surface area contributed by atoms with Crippen LogP contribution < -0.4 is 5.32 Å². The number of aromatic nitrogens is 1. The molecule has 0 atom stereocenters. The van der Waals surface area contributed by atoms with E-state index in [1.807, 2.05) is 0 Å². The molecule has 0 unspecified atom stereocenters. The minimum Gasteiger partial charge on any atom is -0.459 e. The molecule has 0 aliphatic rings. The fourth-order valence-electron chi connectivity index (χ4n) is 2.16. The number of rotatable bonds is 5. The van der Waals surface area contributed by atoms with Crippen LogP contribution in [0.3, 0.4) is 0 Å². The van der Waals surface area contributed by atoms with Crippen LogP contribution in [0, 0.1) is 12.7 Å². The van der Waals surface area contributed by atoms with E-state index in [1.165, 1.54) is 18.4 Å². The van der Waals surface area contributed by atoms with Gasteiger partial charge in [0.2, 0.25) is 5.91 Å². The summed E-state index contributed by atoms with van der Waals surface area (Å²) in [5.74, 6) is 0.686. The first-order valence-corrected chi connectivity index (χ1v) is 7.61. The zero-order valence-corrected chi connectivity index (χ0v) is 13.6. The van der Waals surface area contributed by atoms with E-state index in [0.29, 0.717) is 28.7 Å². The van der Waals surface area contributed by atoms with E-state index in [4.69, 9.17) is 20.4 Å². The summed E-state index contributed by atoms with van der Waals surface area (Å²) in [6.07, 6.45) is 1.60. The molecule has 0 saturated heterocycles. The van der Waals surface area contributed by atoms with Gasteiger partial charge < -0.3 is 14.2 Å². The van der Waals surface area contributed by atoms with Crippen molar-refractivity contribution in [1.82, 2.24) is 10.3 Å². The molecule has 0 saturated carbocycles. The first kappa shape index (κ1) is 16.3. The van der Waals surface area contributed by atoms with Gasteiger partial charge in [-0.3, -0.25) is 4.79 Å². The maximum atomic E-state index is 13.1. The molecule has 2 aromatic heterocycles. The molecule has 3 aromatic rings. The van der Waals surface area contributed by atoms with E-state index in [1.54, 1.807) is 25.1 Å². The van der Waals surface area contributed by atoms with Crippen LogP contribution in [0.4, 0.5) is 4.39 Å². The summed E-state index contributed by atoms with van der Waals surface area (Å²) in [4.78, 5) is 16.3. The largest absolute Gasteiger partial charge is 0.459 e. The van der Waals surface area contributed by atoms with Crippen LogP contribution in [0.2, 0.25) is 5.02 Å². The van der Waals surface area contributed by atoms with Crippen LogP contribution in [0.15, 0.2) is 45.4 Å². The number of benzene rings is 1. The van der Waals surface area contributed by atoms with Gasteiger partial charge in [0, 0.05) is 6.54 Å². The van der Waals surface area contributed by atoms with Gasteiger partial charge in [-0.2, -0.15) is 0 Å². The Kier molecular flexibility index (Phi) is 4.66. The summed E-state index contributed by atoms with van der Waals surface area (Å²) in [7, 11) is 0. The van der Waals surface area contributed by atoms with Crippen LogP contribution in [0.25, 0.3) is 11.7 Å². The number of aryl methyl sites for hydroxylation is 1. The van der Waals surface area contributed by atoms with Crippen molar-refractivity contribution in [3.05, 3.63) is 64.5 Å². The minimum absolute atomic E-state index is 0.0252. The van der Waals surface area contributed by atoms with E-state index in [9.17, 15) is 9.18 Å². The molecular weight excluding hydrogens is 335 g/mol. The Labute approximate surface area is 142 Å². The number of nitrogens with zero attached hydrogens (tertiary/aromatic N) is 1. The lowest BCUT2D eigenvalue weighted by atomic mass is 10.2. The normalized spacial score (nSPS) is 10.8. The van der Waals surface area contributed by atoms with Crippen LogP contribution >= 0.6 is 11.6 Å². The van der Waals surface area contributed by atoms with Crippen molar-refractivity contribution in [2.24, 2.45) is 0 Å². The SMILES string of the molecule is Cc1oc(-c2ccco2)nc1CC(=O)NCc1ccc(F)c(Cl)c1. The highest BCUT2D eigenvalue weighted by molar-refractivity contribution is 6.30. The van der Waals surface area contributed by atoms with Gasteiger partial charge in [0.15, 0.2) is 5.76 Å². The van der Waals surface area contributed by atoms with Crippen molar-refractivity contribution in [1.29, 1.82) is 0 Å². The average Bonchev–Trinajstić information content (AvgIpc) is 3.19. The zero-order chi connectivity index (χ0) is 17.1. The molecule has 0 fully saturated rings. The zero-order valence-electron chi connectivity index (χ0n) is 12.8. The summed E-state index contributed by atoms with van der Waals surface area (Å²) < 4.78 is 23.8. The van der Waals surface area contributed by atoms with E-state index < -0.39 is 5.82 Å². The lowest BCUT2D eigenvalue weighted by Crippen LogP contribution is -2.25. The van der Waals surface area contributed by atoms with Gasteiger partial charge >= 0.3 is 0 Å². The van der Waals surface area contributed by atoms with Gasteiger partial charge in [0.25, 0.3) is 5.89 Å². The number of nitrogens with one attached hydrogen (secondary N) is 1. The Hall–Kier alpha value is -2.60. The van der Waals surface area contributed by atoms with E-state index in [0.717, 1.165) is 0 Å². The number of hydrogen-bond donors (Lipinski definition) is 1. The van der Waals surface area contributed by atoms with Crippen molar-refractivity contribution in [2.45, 2.75) is 19.9 Å². The van der Waals surface area contributed by atoms with Gasteiger partial charge in [-0.15, -0.1) is 0 Å². The fourth-order valence-corrected chi connectivity index (χ4v) is 2.37. The average molecular weight is 349 g/mol. The van der Waals surface area contributed by atoms with Crippen molar-refractivity contribution in [3.63, 3.8) is 0 Å². The quantitative estimate of drug-likeness (QED) is 0.759. The Morgan fingerprint density at radius 2 is 2.21 bits per heavy atom. The topological polar surface area (TPSA) is 68.3 Å². The first-order valence-electron chi connectivity index (χ1n) is 7.23. The molecule has 1 amide bonds. The van der Waals surface area contributed by atoms with Crippen LogP contribution in [-0.2, 0) is 17.8 Å². The molecule has 2 heterocycles. The molecule has 1 aromatic carbocycles. The summed E-state index contributed by atoms with van der Waals surface area (Å²) in [6.45, 7) is 1.99. The van der Waals surface area contributed by atoms with Gasteiger partial charge in [-0.05, 0) is 36.8 Å². The van der Waals surface area contributed by atoms with Crippen LogP contribution in [-0.4, -0.2) is 10.9 Å². The molecule has 0 radical (unpaired) electrons. The second kappa shape index (κ2) is 6.88. The summed E-state index contributed by atoms with van der Waals surface area (Å²) in [5, 5.41) is 2.77. The minimum atomic E-state index is -0.490. The molecule has 0 spiro atoms. The van der Waals surface area contributed by atoms with E-state index >= 15 is 0 Å². The first-order chi connectivity index (χ1) is 11.5. The molecule has 1 N–H and O–H groups in total. The number of carbonyl (C=O) groups excluding carboxylic acids is 1. The number of oxazole rings is 1. The maximum Gasteiger partial charge on any atom is 0.263 e. The number of furan rings is 1. The second-order valence-corrected chi connectivity index (χ2v) is 5.61. The summed E-state index contributed by atoms with van der Waals surface area (Å²) in [5.41, 5.74) is 1.25. The molecule has 124 valence electrons. The lowest BCUT2D eigenvalue weighted by molar-refractivity contribution is -0.120. The van der Waals surface area contributed by atoms with Gasteiger partial charge in [-0.25, -0.2) is 9.37 Å². The van der Waals surface area contributed by atoms with Crippen LogP contribution in [0.1, 0.15) is 17.0 Å². The highest BCUT2D eigenvalue weighted by Gasteiger charge is 2.16. The van der Waals surface area contributed by atoms with Crippen molar-refractivity contribution in [2.75, 3.05) is 0 Å². The number of carbonyl (C=O) groups is 1. The van der Waals surface area contributed by atoms with Crippen molar-refractivity contribution in [3.8, 4) is 11.7 Å². The number of halogens is 2. The highest BCUT2D eigenvalue weighted by atomic mass is 35.5. The van der Waals surface area contributed by atoms with Gasteiger partial charge in [-0.1, -0.05) is 17.7 Å². The molecule has 0 bridgehead atoms. The molecule has 0 aliphatic heterocycles. The molecule has 7 heteroatoms. The standard InChI is InChI=1S/C17H14ClFN2O3/c1-10-14(21-17(24-10)15-3-2-6-23-15)8-16(22)20-9-11-4-5-13(19)12(18)7-11/h2-7H,8-9H2,1H3,(H,20,22). The van der Waals surface area contributed by atoms with Gasteiger partial charge in [0.05, 0.1) is 23.4 Å². The second-order valence-electron chi connectivity index (χ2n) is 5.20. The van der Waals surface area contributed by atoms with E-state index in [2.05, 4.69) is 10.3 Å². The summed E-state index contributed by atoms with van der Waals surface area (Å²) >= 11 is 5.71. The van der Waals surface area contributed by atoms with Crippen molar-refractivity contribution < 1.29 is 18.0 Å². The molecular formula is C17H14ClFN2O3. The Morgan fingerprint density at radius 1 is 1.38 bits per heavy atom. The smallest absolute Gasteiger partial charge is 0.263 e. The van der Waals surface area contributed by atoms with E-state index in [-0.39, 0.29) is 23.9 Å². The monoisotopic (exact) mass is 348 g/mol. The third-order valence-corrected chi connectivity index (χ3v) is 3.72. The third kappa shape index (κ3) is 3.65. The Balaban J connectivity index is 1.61. The molecule has 5 nitrogen and oxygen atoms in total. The fraction of sp³-hybridized carbons (Fsp3) is 0.176. The van der Waals surface area contributed by atoms with Gasteiger partial charge in [0.1, 0.15) is 11.6 Å².